The second-order valence-electron chi connectivity index (χ2n) is 5.07. The maximum Gasteiger partial charge on any atom is 0.163 e. The van der Waals surface area contributed by atoms with Crippen molar-refractivity contribution in [3.63, 3.8) is 0 Å². The molecule has 76 valence electrons. The minimum absolute atomic E-state index is 0.242. The molecule has 0 aromatic heterocycles. The number of ether oxygens (including phenoxy) is 2. The summed E-state index contributed by atoms with van der Waals surface area (Å²) in [5.41, 5.74) is 0.242. The van der Waals surface area contributed by atoms with Crippen molar-refractivity contribution in [2.24, 2.45) is 5.41 Å². The Morgan fingerprint density at radius 3 is 2.00 bits per heavy atom. The van der Waals surface area contributed by atoms with Crippen LogP contribution in [0.3, 0.4) is 0 Å². The Balaban J connectivity index is 1.81. The van der Waals surface area contributed by atoms with Gasteiger partial charge in [-0.15, -0.1) is 0 Å². The second-order valence-corrected chi connectivity index (χ2v) is 5.07. The molecule has 0 radical (unpaired) electrons. The van der Waals surface area contributed by atoms with Gasteiger partial charge in [0, 0.05) is 5.41 Å². The van der Waals surface area contributed by atoms with Gasteiger partial charge in [0.05, 0.1) is 12.2 Å². The average molecular weight is 192 g/mol. The number of hydrogen-bond donors (Lipinski definition) is 0. The molecule has 1 saturated heterocycles. The predicted octanol–water partition coefficient (Wildman–Crippen LogP) is 2.41. The summed E-state index contributed by atoms with van der Waals surface area (Å²) in [6.07, 6.45) is 11.6. The van der Waals surface area contributed by atoms with Gasteiger partial charge in [0.15, 0.2) is 5.79 Å². The normalized spacial score (nSPS) is 41.0. The van der Waals surface area contributed by atoms with Gasteiger partial charge >= 0.3 is 0 Å². The van der Waals surface area contributed by atoms with Gasteiger partial charge < -0.3 is 9.47 Å². The maximum atomic E-state index is 5.87. The lowest BCUT2D eigenvalue weighted by molar-refractivity contribution is -0.154. The van der Waals surface area contributed by atoms with Gasteiger partial charge in [-0.2, -0.15) is 0 Å². The fraction of sp³-hybridized carbons (Fsp3) is 0.667. The van der Waals surface area contributed by atoms with Crippen LogP contribution in [0.15, 0.2) is 24.3 Å². The fourth-order valence-electron chi connectivity index (χ4n) is 2.91. The monoisotopic (exact) mass is 192 g/mol. The van der Waals surface area contributed by atoms with E-state index in [2.05, 4.69) is 24.3 Å². The van der Waals surface area contributed by atoms with Crippen LogP contribution in [0.4, 0.5) is 0 Å². The third kappa shape index (κ3) is 1.17. The van der Waals surface area contributed by atoms with E-state index in [-0.39, 0.29) is 23.4 Å². The number of hydrogen-bond acceptors (Lipinski definition) is 2. The van der Waals surface area contributed by atoms with E-state index in [1.807, 2.05) is 13.8 Å². The van der Waals surface area contributed by atoms with Crippen molar-refractivity contribution < 1.29 is 9.47 Å². The van der Waals surface area contributed by atoms with Crippen LogP contribution in [-0.2, 0) is 9.47 Å². The summed E-state index contributed by atoms with van der Waals surface area (Å²) in [7, 11) is 0. The molecule has 0 N–H and O–H groups in total. The summed E-state index contributed by atoms with van der Waals surface area (Å²) in [4.78, 5) is 0. The van der Waals surface area contributed by atoms with Crippen LogP contribution < -0.4 is 0 Å². The zero-order valence-electron chi connectivity index (χ0n) is 8.69. The summed E-state index contributed by atoms with van der Waals surface area (Å²) in [6, 6.07) is 0. The highest BCUT2D eigenvalue weighted by atomic mass is 16.8. The van der Waals surface area contributed by atoms with E-state index in [4.69, 9.17) is 9.47 Å². The average Bonchev–Trinajstić information content (AvgIpc) is 2.65. The third-order valence-electron chi connectivity index (χ3n) is 3.41. The molecule has 1 heterocycles. The molecule has 0 aromatic rings. The summed E-state index contributed by atoms with van der Waals surface area (Å²) in [5, 5.41) is 0. The summed E-state index contributed by atoms with van der Waals surface area (Å²) in [5.74, 6) is -0.372. The molecule has 1 spiro atoms. The zero-order chi connectivity index (χ0) is 9.81. The summed E-state index contributed by atoms with van der Waals surface area (Å²) >= 11 is 0. The Hall–Kier alpha value is -0.600. The molecule has 2 heteroatoms. The SMILES string of the molecule is CC1(C)O[C@H]2CC3(C=CC=C3)C[C@H]2O1. The Kier molecular flexibility index (Phi) is 1.55. The lowest BCUT2D eigenvalue weighted by Crippen LogP contribution is -2.24. The lowest BCUT2D eigenvalue weighted by Gasteiger charge is -2.24. The van der Waals surface area contributed by atoms with Crippen molar-refractivity contribution in [3.05, 3.63) is 24.3 Å². The molecule has 2 aliphatic carbocycles. The van der Waals surface area contributed by atoms with Crippen molar-refractivity contribution in [3.8, 4) is 0 Å². The van der Waals surface area contributed by atoms with Crippen LogP contribution in [0.5, 0.6) is 0 Å². The highest BCUT2D eigenvalue weighted by molar-refractivity contribution is 5.28. The molecule has 0 unspecified atom stereocenters. The van der Waals surface area contributed by atoms with Crippen molar-refractivity contribution in [2.75, 3.05) is 0 Å². The number of allylic oxidation sites excluding steroid dienone is 4. The predicted molar refractivity (Wildman–Crippen MR) is 53.8 cm³/mol. The minimum Gasteiger partial charge on any atom is -0.345 e. The van der Waals surface area contributed by atoms with Gasteiger partial charge in [-0.05, 0) is 26.7 Å². The first-order valence-electron chi connectivity index (χ1n) is 5.31. The first-order chi connectivity index (χ1) is 6.59. The van der Waals surface area contributed by atoms with Gasteiger partial charge in [0.25, 0.3) is 0 Å². The van der Waals surface area contributed by atoms with Crippen LogP contribution in [0.2, 0.25) is 0 Å². The van der Waals surface area contributed by atoms with E-state index in [0.29, 0.717) is 0 Å². The molecule has 1 aliphatic heterocycles. The van der Waals surface area contributed by atoms with Crippen molar-refractivity contribution in [1.82, 2.24) is 0 Å². The van der Waals surface area contributed by atoms with Crippen LogP contribution in [0, 0.1) is 5.41 Å². The Morgan fingerprint density at radius 1 is 1.00 bits per heavy atom. The van der Waals surface area contributed by atoms with Gasteiger partial charge in [0.2, 0.25) is 0 Å². The van der Waals surface area contributed by atoms with Gasteiger partial charge in [-0.3, -0.25) is 0 Å². The second kappa shape index (κ2) is 2.50. The van der Waals surface area contributed by atoms with E-state index in [1.165, 1.54) is 0 Å². The molecule has 1 saturated carbocycles. The molecule has 0 bridgehead atoms. The fourth-order valence-corrected chi connectivity index (χ4v) is 2.91. The molecule has 2 nitrogen and oxygen atoms in total. The standard InChI is InChI=1S/C12H16O2/c1-11(2)13-9-7-12(5-3-4-6-12)8-10(9)14-11/h3-6,9-10H,7-8H2,1-2H3/t9-,10+. The van der Waals surface area contributed by atoms with Crippen LogP contribution in [0.1, 0.15) is 26.7 Å². The molecule has 0 aromatic carbocycles. The molecule has 3 aliphatic rings. The number of rotatable bonds is 0. The topological polar surface area (TPSA) is 18.5 Å². The first kappa shape index (κ1) is 8.69. The molecule has 14 heavy (non-hydrogen) atoms. The lowest BCUT2D eigenvalue weighted by atomic mass is 9.88. The third-order valence-corrected chi connectivity index (χ3v) is 3.41. The Bertz CT molecular complexity index is 284. The number of fused-ring (bicyclic) bond motifs is 1. The van der Waals surface area contributed by atoms with Crippen molar-refractivity contribution in [1.29, 1.82) is 0 Å². The molecular formula is C12H16O2. The summed E-state index contributed by atoms with van der Waals surface area (Å²) in [6.45, 7) is 4.00. The quantitative estimate of drug-likeness (QED) is 0.586. The van der Waals surface area contributed by atoms with Crippen LogP contribution >= 0.6 is 0 Å². The van der Waals surface area contributed by atoms with E-state index in [9.17, 15) is 0 Å². The van der Waals surface area contributed by atoms with Gasteiger partial charge in [0.1, 0.15) is 0 Å². The first-order valence-corrected chi connectivity index (χ1v) is 5.31. The van der Waals surface area contributed by atoms with Crippen molar-refractivity contribution in [2.45, 2.75) is 44.7 Å². The highest BCUT2D eigenvalue weighted by Crippen LogP contribution is 2.50. The Labute approximate surface area is 84.6 Å². The smallest absolute Gasteiger partial charge is 0.163 e. The van der Waals surface area contributed by atoms with E-state index in [0.717, 1.165) is 12.8 Å². The van der Waals surface area contributed by atoms with Crippen molar-refractivity contribution >= 4 is 0 Å². The minimum atomic E-state index is -0.372. The molecule has 2 atom stereocenters. The maximum absolute atomic E-state index is 5.87. The largest absolute Gasteiger partial charge is 0.345 e. The zero-order valence-corrected chi connectivity index (χ0v) is 8.69. The van der Waals surface area contributed by atoms with Gasteiger partial charge in [-0.1, -0.05) is 24.3 Å². The molecule has 2 fully saturated rings. The van der Waals surface area contributed by atoms with Crippen LogP contribution in [-0.4, -0.2) is 18.0 Å². The van der Waals surface area contributed by atoms with E-state index < -0.39 is 0 Å². The molecule has 3 rings (SSSR count). The molecule has 0 amide bonds. The Morgan fingerprint density at radius 2 is 1.50 bits per heavy atom. The summed E-state index contributed by atoms with van der Waals surface area (Å²) < 4.78 is 11.7. The van der Waals surface area contributed by atoms with E-state index in [1.54, 1.807) is 0 Å². The molecular weight excluding hydrogens is 176 g/mol. The van der Waals surface area contributed by atoms with Crippen LogP contribution in [0.25, 0.3) is 0 Å². The van der Waals surface area contributed by atoms with E-state index >= 15 is 0 Å². The van der Waals surface area contributed by atoms with Gasteiger partial charge in [-0.25, -0.2) is 0 Å². The highest BCUT2D eigenvalue weighted by Gasteiger charge is 2.52.